The summed E-state index contributed by atoms with van der Waals surface area (Å²) in [5.41, 5.74) is 2.16. The minimum absolute atomic E-state index is 0.0199. The monoisotopic (exact) mass is 487 g/mol. The van der Waals surface area contributed by atoms with Gasteiger partial charge < -0.3 is 19.4 Å². The molecule has 6 rings (SSSR count). The Hall–Kier alpha value is -3.31. The highest BCUT2D eigenvalue weighted by Crippen LogP contribution is 2.43. The fourth-order valence-corrected chi connectivity index (χ4v) is 4.80. The van der Waals surface area contributed by atoms with Crippen LogP contribution in [-0.2, 0) is 9.53 Å². The number of nitrogens with one attached hydrogen (secondary N) is 2. The number of benzene rings is 1. The van der Waals surface area contributed by atoms with Gasteiger partial charge in [-0.25, -0.2) is 13.8 Å². The molecule has 9 nitrogen and oxygen atoms in total. The number of halogens is 3. The number of aromatic nitrogens is 5. The van der Waals surface area contributed by atoms with Crippen molar-refractivity contribution in [3.05, 3.63) is 35.6 Å². The molecule has 2 N–H and O–H groups in total. The molecule has 1 aliphatic heterocycles. The molecule has 176 valence electrons. The molecule has 1 amide bonds. The van der Waals surface area contributed by atoms with Crippen molar-refractivity contribution in [2.75, 3.05) is 30.4 Å². The van der Waals surface area contributed by atoms with E-state index in [0.717, 1.165) is 6.42 Å². The van der Waals surface area contributed by atoms with Gasteiger partial charge in [-0.1, -0.05) is 11.6 Å². The van der Waals surface area contributed by atoms with Gasteiger partial charge in [-0.05, 0) is 12.8 Å². The summed E-state index contributed by atoms with van der Waals surface area (Å²) in [6, 6.07) is 0. The van der Waals surface area contributed by atoms with E-state index in [1.807, 2.05) is 4.90 Å². The van der Waals surface area contributed by atoms with E-state index in [4.69, 9.17) is 16.3 Å². The molecule has 4 heterocycles. The normalized spacial score (nSPS) is 22.1. The predicted molar refractivity (Wildman–Crippen MR) is 122 cm³/mol. The standard InChI is InChI=1S/C22H20ClF2N7O2/c1-34-10-2-3-31(7-10)21-19(25)18(23)17(12-5-27-30-20(12)21)14-8-32-9-15(28-16(32)6-26-14)29-22(33)11-4-13(11)24/h5-6,8-11,13H,2-4,7H2,1H3,(H,27,30)(H,29,33)/t10-,11?,13?/m1/s1. The number of imidazole rings is 1. The van der Waals surface area contributed by atoms with Crippen LogP contribution in [0.4, 0.5) is 20.3 Å². The number of fused-ring (bicyclic) bond motifs is 2. The Morgan fingerprint density at radius 3 is 2.91 bits per heavy atom. The molecular weight excluding hydrogens is 468 g/mol. The van der Waals surface area contributed by atoms with E-state index in [-0.39, 0.29) is 23.4 Å². The molecule has 1 saturated heterocycles. The summed E-state index contributed by atoms with van der Waals surface area (Å²) in [5, 5.41) is 10.2. The second-order valence-corrected chi connectivity index (χ2v) is 8.99. The Morgan fingerprint density at radius 2 is 2.18 bits per heavy atom. The summed E-state index contributed by atoms with van der Waals surface area (Å²) >= 11 is 6.57. The quantitative estimate of drug-likeness (QED) is 0.446. The average Bonchev–Trinajstić information content (AvgIpc) is 3.23. The van der Waals surface area contributed by atoms with E-state index in [1.165, 1.54) is 6.20 Å². The molecule has 2 aliphatic rings. The number of rotatable bonds is 5. The lowest BCUT2D eigenvalue weighted by Gasteiger charge is -2.21. The van der Waals surface area contributed by atoms with Crippen molar-refractivity contribution < 1.29 is 18.3 Å². The van der Waals surface area contributed by atoms with Gasteiger partial charge in [0.25, 0.3) is 0 Å². The van der Waals surface area contributed by atoms with Gasteiger partial charge in [-0.3, -0.25) is 14.9 Å². The van der Waals surface area contributed by atoms with E-state index in [1.54, 1.807) is 30.1 Å². The van der Waals surface area contributed by atoms with Crippen LogP contribution in [0.15, 0.2) is 24.8 Å². The van der Waals surface area contributed by atoms with Crippen molar-refractivity contribution in [2.24, 2.45) is 5.92 Å². The van der Waals surface area contributed by atoms with Gasteiger partial charge in [0.15, 0.2) is 17.3 Å². The van der Waals surface area contributed by atoms with Crippen molar-refractivity contribution in [3.63, 3.8) is 0 Å². The highest BCUT2D eigenvalue weighted by molar-refractivity contribution is 6.36. The largest absolute Gasteiger partial charge is 0.380 e. The maximum Gasteiger partial charge on any atom is 0.231 e. The zero-order chi connectivity index (χ0) is 23.6. The van der Waals surface area contributed by atoms with Crippen LogP contribution in [0.2, 0.25) is 5.02 Å². The van der Waals surface area contributed by atoms with Crippen LogP contribution in [0.5, 0.6) is 0 Å². The average molecular weight is 488 g/mol. The van der Waals surface area contributed by atoms with E-state index >= 15 is 4.39 Å². The minimum Gasteiger partial charge on any atom is -0.380 e. The van der Waals surface area contributed by atoms with Gasteiger partial charge in [0.1, 0.15) is 11.9 Å². The number of alkyl halides is 1. The number of carbonyl (C=O) groups excluding carboxylic acids is 1. The number of H-pyrrole nitrogens is 1. The van der Waals surface area contributed by atoms with E-state index in [0.29, 0.717) is 46.6 Å². The lowest BCUT2D eigenvalue weighted by molar-refractivity contribution is -0.117. The molecule has 0 bridgehead atoms. The van der Waals surface area contributed by atoms with Gasteiger partial charge in [0.2, 0.25) is 5.91 Å². The smallest absolute Gasteiger partial charge is 0.231 e. The third-order valence-electron chi connectivity index (χ3n) is 6.46. The highest BCUT2D eigenvalue weighted by Gasteiger charge is 2.43. The van der Waals surface area contributed by atoms with E-state index in [2.05, 4.69) is 25.5 Å². The Balaban J connectivity index is 1.40. The molecule has 0 radical (unpaired) electrons. The van der Waals surface area contributed by atoms with Crippen LogP contribution in [-0.4, -0.2) is 62.9 Å². The number of nitrogens with zero attached hydrogens (tertiary/aromatic N) is 5. The summed E-state index contributed by atoms with van der Waals surface area (Å²) in [6.45, 7) is 1.19. The Morgan fingerprint density at radius 1 is 1.35 bits per heavy atom. The highest BCUT2D eigenvalue weighted by atomic mass is 35.5. The molecule has 1 aromatic carbocycles. The lowest BCUT2D eigenvalue weighted by atomic mass is 10.0. The van der Waals surface area contributed by atoms with Crippen molar-refractivity contribution in [1.29, 1.82) is 0 Å². The number of amides is 1. The molecule has 0 spiro atoms. The molecule has 2 unspecified atom stereocenters. The van der Waals surface area contributed by atoms with Crippen LogP contribution in [0, 0.1) is 11.7 Å². The van der Waals surface area contributed by atoms with Crippen LogP contribution >= 0.6 is 11.6 Å². The van der Waals surface area contributed by atoms with Gasteiger partial charge in [0, 0.05) is 37.3 Å². The molecule has 1 saturated carbocycles. The van der Waals surface area contributed by atoms with Crippen LogP contribution < -0.4 is 10.2 Å². The summed E-state index contributed by atoms with van der Waals surface area (Å²) in [5.74, 6) is -1.30. The van der Waals surface area contributed by atoms with Crippen LogP contribution in [0.3, 0.4) is 0 Å². The van der Waals surface area contributed by atoms with Crippen LogP contribution in [0.1, 0.15) is 12.8 Å². The fourth-order valence-electron chi connectivity index (χ4n) is 4.51. The number of hydrogen-bond acceptors (Lipinski definition) is 6. The number of ether oxygens (including phenoxy) is 1. The Bertz CT molecular complexity index is 1440. The first-order valence-electron chi connectivity index (χ1n) is 10.9. The molecular formula is C22H20ClF2N7O2. The topological polar surface area (TPSA) is 100 Å². The third kappa shape index (κ3) is 3.38. The number of hydrogen-bond donors (Lipinski definition) is 2. The molecule has 3 aromatic heterocycles. The Labute approximate surface area is 197 Å². The Kier molecular flexibility index (Phi) is 4.92. The summed E-state index contributed by atoms with van der Waals surface area (Å²) < 4.78 is 35.8. The molecule has 34 heavy (non-hydrogen) atoms. The zero-order valence-corrected chi connectivity index (χ0v) is 18.8. The first kappa shape index (κ1) is 21.2. The van der Waals surface area contributed by atoms with Gasteiger partial charge in [0.05, 0.1) is 46.8 Å². The molecule has 12 heteroatoms. The molecule has 1 aliphatic carbocycles. The van der Waals surface area contributed by atoms with Crippen molar-refractivity contribution in [2.45, 2.75) is 25.1 Å². The fraction of sp³-hybridized carbons (Fsp3) is 0.364. The number of methoxy groups -OCH3 is 1. The lowest BCUT2D eigenvalue weighted by Crippen LogP contribution is -2.23. The van der Waals surface area contributed by atoms with Crippen molar-refractivity contribution in [1.82, 2.24) is 24.6 Å². The predicted octanol–water partition coefficient (Wildman–Crippen LogP) is 3.59. The van der Waals surface area contributed by atoms with Gasteiger partial charge in [-0.2, -0.15) is 5.10 Å². The van der Waals surface area contributed by atoms with Gasteiger partial charge >= 0.3 is 0 Å². The second-order valence-electron chi connectivity index (χ2n) is 8.61. The number of anilines is 2. The van der Waals surface area contributed by atoms with Crippen molar-refractivity contribution in [3.8, 4) is 11.3 Å². The number of carbonyl (C=O) groups is 1. The first-order valence-corrected chi connectivity index (χ1v) is 11.2. The summed E-state index contributed by atoms with van der Waals surface area (Å²) in [4.78, 5) is 22.7. The van der Waals surface area contributed by atoms with E-state index < -0.39 is 23.8 Å². The maximum absolute atomic E-state index is 15.6. The van der Waals surface area contributed by atoms with E-state index in [9.17, 15) is 9.18 Å². The molecule has 3 atom stereocenters. The summed E-state index contributed by atoms with van der Waals surface area (Å²) in [6.07, 6.45) is 6.28. The van der Waals surface area contributed by atoms with Gasteiger partial charge in [-0.15, -0.1) is 0 Å². The molecule has 2 fully saturated rings. The van der Waals surface area contributed by atoms with Crippen molar-refractivity contribution >= 4 is 45.6 Å². The molecule has 4 aromatic rings. The first-order chi connectivity index (χ1) is 16.4. The second kappa shape index (κ2) is 7.88. The third-order valence-corrected chi connectivity index (χ3v) is 6.81. The SMILES string of the molecule is CO[C@@H]1CCN(c2c(F)c(Cl)c(-c3cn4cc(NC(=O)C5CC5F)nc4cn3)c3cn[nH]c23)C1. The minimum atomic E-state index is -1.09. The zero-order valence-electron chi connectivity index (χ0n) is 18.1. The number of aromatic amines is 1. The summed E-state index contributed by atoms with van der Waals surface area (Å²) in [7, 11) is 1.64. The van der Waals surface area contributed by atoms with Crippen LogP contribution in [0.25, 0.3) is 27.8 Å². The maximum atomic E-state index is 15.6.